The number of fused-ring (bicyclic) bond motifs is 1. The lowest BCUT2D eigenvalue weighted by Gasteiger charge is -2.26. The van der Waals surface area contributed by atoms with Gasteiger partial charge < -0.3 is 30.0 Å². The van der Waals surface area contributed by atoms with Crippen LogP contribution >= 0.6 is 11.6 Å². The molecule has 0 spiro atoms. The van der Waals surface area contributed by atoms with Crippen LogP contribution in [-0.2, 0) is 4.74 Å². The smallest absolute Gasteiger partial charge is 0.261 e. The summed E-state index contributed by atoms with van der Waals surface area (Å²) in [5, 5.41) is 14.3. The number of aromatic amines is 2. The topological polar surface area (TPSA) is 132 Å². The minimum absolute atomic E-state index is 0.178. The summed E-state index contributed by atoms with van der Waals surface area (Å²) in [5.41, 5.74) is 3.10. The number of aliphatic hydroxyl groups excluding tert-OH is 1. The van der Waals surface area contributed by atoms with E-state index in [0.717, 1.165) is 5.69 Å². The maximum absolute atomic E-state index is 12.8. The number of halogens is 1. The number of pyridine rings is 1. The van der Waals surface area contributed by atoms with E-state index >= 15 is 0 Å². The van der Waals surface area contributed by atoms with Crippen LogP contribution in [0.15, 0.2) is 41.3 Å². The van der Waals surface area contributed by atoms with Crippen LogP contribution in [0.4, 0.5) is 11.6 Å². The molecule has 11 heteroatoms. The summed E-state index contributed by atoms with van der Waals surface area (Å²) in [6.45, 7) is 4.74. The van der Waals surface area contributed by atoms with Crippen molar-refractivity contribution in [2.24, 2.45) is 0 Å². The fraction of sp³-hybridized carbons (Fsp3) is 0.304. The molecule has 0 saturated carbocycles. The lowest BCUT2D eigenvalue weighted by Crippen LogP contribution is -2.37. The Labute approximate surface area is 200 Å². The highest BCUT2D eigenvalue weighted by Crippen LogP contribution is 2.27. The highest BCUT2D eigenvalue weighted by Gasteiger charge is 2.20. The Balaban J connectivity index is 1.46. The first-order chi connectivity index (χ1) is 16.5. The quantitative estimate of drug-likeness (QED) is 0.330. The van der Waals surface area contributed by atoms with Crippen LogP contribution in [0.5, 0.6) is 0 Å². The molecule has 0 unspecified atom stereocenters. The standard InChI is InChI=1S/C23H24ClN7O3/c1-13-19-21(30-23(27-13)31-7-9-34-10-8-31)29-20(28-19)18-16(5-6-25-22(18)33)26-12-17(32)14-3-2-4-15(24)11-14/h2-6,11,17,32H,7-10,12H2,1H3,(H2,25,26,33)(H,27,28,29,30)/t17-/m0/s1. The fourth-order valence-electron chi connectivity index (χ4n) is 3.95. The summed E-state index contributed by atoms with van der Waals surface area (Å²) in [6.07, 6.45) is 0.732. The number of aryl methyl sites for hydroxylation is 1. The van der Waals surface area contributed by atoms with Crippen LogP contribution < -0.4 is 15.8 Å². The summed E-state index contributed by atoms with van der Waals surface area (Å²) < 4.78 is 5.41. The summed E-state index contributed by atoms with van der Waals surface area (Å²) in [6, 6.07) is 8.76. The molecule has 0 amide bonds. The van der Waals surface area contributed by atoms with E-state index in [1.54, 1.807) is 36.5 Å². The lowest BCUT2D eigenvalue weighted by atomic mass is 10.1. The highest BCUT2D eigenvalue weighted by atomic mass is 35.5. The first-order valence-corrected chi connectivity index (χ1v) is 11.3. The number of hydrogen-bond acceptors (Lipinski definition) is 8. The third kappa shape index (κ3) is 4.47. The van der Waals surface area contributed by atoms with Crippen molar-refractivity contribution in [1.29, 1.82) is 0 Å². The molecule has 4 heterocycles. The predicted molar refractivity (Wildman–Crippen MR) is 130 cm³/mol. The summed E-state index contributed by atoms with van der Waals surface area (Å²) in [5.74, 6) is 0.962. The SMILES string of the molecule is Cc1nc(N2CCOCC2)nc2nc(-c3c(NC[C@H](O)c4cccc(Cl)c4)cc[nH]c3=O)[nH]c12. The van der Waals surface area contributed by atoms with Crippen molar-refractivity contribution in [2.75, 3.05) is 43.1 Å². The van der Waals surface area contributed by atoms with Gasteiger partial charge in [-0.25, -0.2) is 9.97 Å². The molecule has 10 nitrogen and oxygen atoms in total. The second-order valence-electron chi connectivity index (χ2n) is 8.04. The molecule has 1 aromatic carbocycles. The second-order valence-corrected chi connectivity index (χ2v) is 8.48. The van der Waals surface area contributed by atoms with Crippen molar-refractivity contribution in [3.63, 3.8) is 0 Å². The number of nitrogens with one attached hydrogen (secondary N) is 3. The predicted octanol–water partition coefficient (Wildman–Crippen LogP) is 2.65. The van der Waals surface area contributed by atoms with Crippen LogP contribution in [0.2, 0.25) is 5.02 Å². The fourth-order valence-corrected chi connectivity index (χ4v) is 4.14. The van der Waals surface area contributed by atoms with Gasteiger partial charge in [-0.15, -0.1) is 0 Å². The summed E-state index contributed by atoms with van der Waals surface area (Å²) in [7, 11) is 0. The average molecular weight is 482 g/mol. The number of imidazole rings is 1. The third-order valence-electron chi connectivity index (χ3n) is 5.73. The van der Waals surface area contributed by atoms with Gasteiger partial charge in [0.2, 0.25) is 5.95 Å². The van der Waals surface area contributed by atoms with Gasteiger partial charge in [-0.3, -0.25) is 4.79 Å². The number of aliphatic hydroxyl groups is 1. The van der Waals surface area contributed by atoms with E-state index in [2.05, 4.69) is 35.1 Å². The maximum Gasteiger partial charge on any atom is 0.261 e. The van der Waals surface area contributed by atoms with Gasteiger partial charge in [0, 0.05) is 30.9 Å². The van der Waals surface area contributed by atoms with Crippen molar-refractivity contribution < 1.29 is 9.84 Å². The van der Waals surface area contributed by atoms with Gasteiger partial charge in [-0.05, 0) is 30.7 Å². The minimum Gasteiger partial charge on any atom is -0.387 e. The largest absolute Gasteiger partial charge is 0.387 e. The molecule has 1 aliphatic rings. The van der Waals surface area contributed by atoms with E-state index in [0.29, 0.717) is 71.1 Å². The second kappa shape index (κ2) is 9.41. The monoisotopic (exact) mass is 481 g/mol. The van der Waals surface area contributed by atoms with Gasteiger partial charge in [0.1, 0.15) is 16.9 Å². The zero-order chi connectivity index (χ0) is 23.7. The van der Waals surface area contributed by atoms with Crippen molar-refractivity contribution in [2.45, 2.75) is 13.0 Å². The Morgan fingerprint density at radius 3 is 2.85 bits per heavy atom. The maximum atomic E-state index is 12.8. The third-order valence-corrected chi connectivity index (χ3v) is 5.97. The number of hydrogen-bond donors (Lipinski definition) is 4. The molecule has 3 aromatic heterocycles. The van der Waals surface area contributed by atoms with Crippen LogP contribution in [0.25, 0.3) is 22.6 Å². The van der Waals surface area contributed by atoms with E-state index < -0.39 is 6.10 Å². The lowest BCUT2D eigenvalue weighted by molar-refractivity contribution is 0.122. The van der Waals surface area contributed by atoms with E-state index in [4.69, 9.17) is 16.3 Å². The molecule has 34 heavy (non-hydrogen) atoms. The van der Waals surface area contributed by atoms with E-state index in [1.165, 1.54) is 0 Å². The molecule has 0 radical (unpaired) electrons. The van der Waals surface area contributed by atoms with Crippen LogP contribution in [0, 0.1) is 6.92 Å². The Morgan fingerprint density at radius 2 is 2.06 bits per heavy atom. The molecule has 1 atom stereocenters. The molecule has 0 aliphatic carbocycles. The van der Waals surface area contributed by atoms with Gasteiger partial charge in [0.05, 0.1) is 30.7 Å². The van der Waals surface area contributed by atoms with E-state index in [1.807, 2.05) is 6.92 Å². The van der Waals surface area contributed by atoms with Gasteiger partial charge in [-0.1, -0.05) is 23.7 Å². The number of nitrogens with zero attached hydrogens (tertiary/aromatic N) is 4. The number of anilines is 2. The number of ether oxygens (including phenoxy) is 1. The number of rotatable bonds is 6. The van der Waals surface area contributed by atoms with Crippen molar-refractivity contribution >= 4 is 34.4 Å². The van der Waals surface area contributed by atoms with Gasteiger partial charge in [0.15, 0.2) is 5.65 Å². The van der Waals surface area contributed by atoms with E-state index in [-0.39, 0.29) is 12.1 Å². The van der Waals surface area contributed by atoms with Crippen LogP contribution in [0.1, 0.15) is 17.4 Å². The Morgan fingerprint density at radius 1 is 1.24 bits per heavy atom. The van der Waals surface area contributed by atoms with Gasteiger partial charge >= 0.3 is 0 Å². The molecular formula is C23H24ClN7O3. The number of benzene rings is 1. The van der Waals surface area contributed by atoms with E-state index in [9.17, 15) is 9.90 Å². The Bertz CT molecular complexity index is 1380. The molecule has 4 N–H and O–H groups in total. The molecule has 5 rings (SSSR count). The van der Waals surface area contributed by atoms with Crippen molar-refractivity contribution in [3.05, 3.63) is 63.2 Å². The highest BCUT2D eigenvalue weighted by molar-refractivity contribution is 6.30. The Hall–Kier alpha value is -3.47. The average Bonchev–Trinajstić information content (AvgIpc) is 3.27. The van der Waals surface area contributed by atoms with Crippen LogP contribution in [0.3, 0.4) is 0 Å². The molecule has 4 aromatic rings. The van der Waals surface area contributed by atoms with Gasteiger partial charge in [-0.2, -0.15) is 4.98 Å². The minimum atomic E-state index is -0.814. The number of H-pyrrole nitrogens is 2. The molecule has 1 fully saturated rings. The van der Waals surface area contributed by atoms with Gasteiger partial charge in [0.25, 0.3) is 5.56 Å². The summed E-state index contributed by atoms with van der Waals surface area (Å²) >= 11 is 6.03. The van der Waals surface area contributed by atoms with Crippen LogP contribution in [-0.4, -0.2) is 62.9 Å². The first kappa shape index (κ1) is 22.3. The zero-order valence-electron chi connectivity index (χ0n) is 18.5. The molecule has 0 bridgehead atoms. The Kier molecular flexibility index (Phi) is 6.18. The molecule has 176 valence electrons. The summed E-state index contributed by atoms with van der Waals surface area (Å²) in [4.78, 5) is 34.6. The zero-order valence-corrected chi connectivity index (χ0v) is 19.3. The normalized spacial score (nSPS) is 15.0. The molecule has 1 aliphatic heterocycles. The first-order valence-electron chi connectivity index (χ1n) is 11.0. The number of morpholine rings is 1. The van der Waals surface area contributed by atoms with Crippen molar-refractivity contribution in [3.8, 4) is 11.4 Å². The number of aromatic nitrogens is 5. The van der Waals surface area contributed by atoms with Crippen molar-refractivity contribution in [1.82, 2.24) is 24.9 Å². The molecular weight excluding hydrogens is 458 g/mol. The molecule has 1 saturated heterocycles.